The minimum atomic E-state index is -1.00. The zero-order chi connectivity index (χ0) is 12.3. The van der Waals surface area contributed by atoms with Crippen LogP contribution in [-0.4, -0.2) is 53.3 Å². The number of amides is 1. The van der Waals surface area contributed by atoms with Gasteiger partial charge in [-0.2, -0.15) is 0 Å². The van der Waals surface area contributed by atoms with Gasteiger partial charge in [-0.25, -0.2) is 4.79 Å². The first kappa shape index (κ1) is 12.8. The summed E-state index contributed by atoms with van der Waals surface area (Å²) >= 11 is 0. The van der Waals surface area contributed by atoms with E-state index in [1.165, 1.54) is 4.90 Å². The number of nitrogens with zero attached hydrogens (tertiary/aromatic N) is 1. The third kappa shape index (κ3) is 3.69. The van der Waals surface area contributed by atoms with E-state index in [9.17, 15) is 9.59 Å². The van der Waals surface area contributed by atoms with Crippen molar-refractivity contribution in [1.29, 1.82) is 0 Å². The van der Waals surface area contributed by atoms with E-state index in [2.05, 4.69) is 5.32 Å². The Bertz CT molecular complexity index is 285. The summed E-state index contributed by atoms with van der Waals surface area (Å²) in [5.74, 6) is -0.404. The van der Waals surface area contributed by atoms with E-state index >= 15 is 0 Å². The quantitative estimate of drug-likeness (QED) is 0.632. The van der Waals surface area contributed by atoms with Gasteiger partial charge in [-0.05, 0) is 20.8 Å². The van der Waals surface area contributed by atoms with Crippen LogP contribution in [0.2, 0.25) is 0 Å². The molecule has 6 nitrogen and oxygen atoms in total. The minimum Gasteiger partial charge on any atom is -0.465 e. The van der Waals surface area contributed by atoms with Crippen LogP contribution in [0.25, 0.3) is 0 Å². The number of rotatable bonds is 1. The summed E-state index contributed by atoms with van der Waals surface area (Å²) in [6, 6.07) is -0.566. The van der Waals surface area contributed by atoms with Crippen molar-refractivity contribution in [1.82, 2.24) is 10.2 Å². The number of piperazine rings is 1. The van der Waals surface area contributed by atoms with Gasteiger partial charge in [-0.3, -0.25) is 4.79 Å². The molecule has 0 aromatic heterocycles. The van der Waals surface area contributed by atoms with Gasteiger partial charge < -0.3 is 20.1 Å². The van der Waals surface area contributed by atoms with Crippen LogP contribution in [0.4, 0.5) is 4.79 Å². The van der Waals surface area contributed by atoms with Crippen LogP contribution >= 0.6 is 0 Å². The summed E-state index contributed by atoms with van der Waals surface area (Å²) in [5, 5.41) is 11.8. The van der Waals surface area contributed by atoms with Crippen LogP contribution in [-0.2, 0) is 9.53 Å². The molecule has 1 atom stereocenters. The Morgan fingerprint density at radius 3 is 2.56 bits per heavy atom. The Labute approximate surface area is 94.6 Å². The maximum absolute atomic E-state index is 11.7. The first-order chi connectivity index (χ1) is 7.29. The van der Waals surface area contributed by atoms with Gasteiger partial charge in [0.1, 0.15) is 11.6 Å². The normalized spacial score (nSPS) is 21.7. The molecular weight excluding hydrogens is 212 g/mol. The van der Waals surface area contributed by atoms with Crippen molar-refractivity contribution in [2.75, 3.05) is 19.6 Å². The molecule has 1 amide bonds. The highest BCUT2D eigenvalue weighted by Crippen LogP contribution is 2.10. The van der Waals surface area contributed by atoms with Crippen LogP contribution in [0.5, 0.6) is 0 Å². The van der Waals surface area contributed by atoms with Gasteiger partial charge in [0.15, 0.2) is 0 Å². The van der Waals surface area contributed by atoms with Gasteiger partial charge in [-0.15, -0.1) is 0 Å². The zero-order valence-corrected chi connectivity index (χ0v) is 9.82. The second-order valence-corrected chi connectivity index (χ2v) is 4.77. The number of ether oxygens (including phenoxy) is 1. The molecule has 6 heteroatoms. The van der Waals surface area contributed by atoms with Crippen LogP contribution in [0.15, 0.2) is 0 Å². The lowest BCUT2D eigenvalue weighted by molar-refractivity contribution is -0.158. The van der Waals surface area contributed by atoms with E-state index in [0.29, 0.717) is 13.1 Å². The molecule has 0 bridgehead atoms. The number of esters is 1. The van der Waals surface area contributed by atoms with Gasteiger partial charge in [0.05, 0.1) is 6.54 Å². The van der Waals surface area contributed by atoms with E-state index in [4.69, 9.17) is 9.84 Å². The number of carbonyl (C=O) groups excluding carboxylic acids is 1. The fourth-order valence-electron chi connectivity index (χ4n) is 1.45. The van der Waals surface area contributed by atoms with E-state index in [1.54, 1.807) is 20.8 Å². The largest absolute Gasteiger partial charge is 0.465 e. The smallest absolute Gasteiger partial charge is 0.407 e. The highest BCUT2D eigenvalue weighted by molar-refractivity contribution is 5.77. The summed E-state index contributed by atoms with van der Waals surface area (Å²) in [6.07, 6.45) is -1.00. The van der Waals surface area contributed by atoms with Crippen molar-refractivity contribution in [2.45, 2.75) is 32.4 Å². The average molecular weight is 230 g/mol. The molecule has 1 fully saturated rings. The third-order valence-corrected chi connectivity index (χ3v) is 2.14. The number of carboxylic acid groups (broad SMARTS) is 1. The second-order valence-electron chi connectivity index (χ2n) is 4.77. The highest BCUT2D eigenvalue weighted by Gasteiger charge is 2.31. The maximum Gasteiger partial charge on any atom is 0.407 e. The molecule has 92 valence electrons. The van der Waals surface area contributed by atoms with Crippen LogP contribution in [0.1, 0.15) is 20.8 Å². The number of nitrogens with one attached hydrogen (secondary N) is 1. The summed E-state index contributed by atoms with van der Waals surface area (Å²) in [4.78, 5) is 23.6. The summed E-state index contributed by atoms with van der Waals surface area (Å²) in [7, 11) is 0. The summed E-state index contributed by atoms with van der Waals surface area (Å²) < 4.78 is 5.18. The Morgan fingerprint density at radius 2 is 2.06 bits per heavy atom. The molecule has 0 spiro atoms. The molecule has 1 unspecified atom stereocenters. The molecular formula is C10H18N2O4. The number of carbonyl (C=O) groups is 2. The molecule has 1 aliphatic heterocycles. The zero-order valence-electron chi connectivity index (χ0n) is 9.82. The fourth-order valence-corrected chi connectivity index (χ4v) is 1.45. The number of hydrogen-bond acceptors (Lipinski definition) is 4. The molecule has 1 heterocycles. The van der Waals surface area contributed by atoms with Crippen molar-refractivity contribution >= 4 is 12.1 Å². The molecule has 0 aromatic carbocycles. The second kappa shape index (κ2) is 4.69. The first-order valence-corrected chi connectivity index (χ1v) is 5.24. The predicted octanol–water partition coefficient (Wildman–Crippen LogP) is 0.280. The Morgan fingerprint density at radius 1 is 1.44 bits per heavy atom. The van der Waals surface area contributed by atoms with E-state index in [1.807, 2.05) is 0 Å². The van der Waals surface area contributed by atoms with Gasteiger partial charge in [0.25, 0.3) is 0 Å². The molecule has 0 aromatic rings. The van der Waals surface area contributed by atoms with Crippen molar-refractivity contribution < 1.29 is 19.4 Å². The Hall–Kier alpha value is -1.30. The molecule has 1 rings (SSSR count). The average Bonchev–Trinajstić information content (AvgIpc) is 2.15. The van der Waals surface area contributed by atoms with E-state index < -0.39 is 23.7 Å². The van der Waals surface area contributed by atoms with Crippen molar-refractivity contribution in [3.05, 3.63) is 0 Å². The minimum absolute atomic E-state index is 0.143. The van der Waals surface area contributed by atoms with Gasteiger partial charge >= 0.3 is 12.1 Å². The van der Waals surface area contributed by atoms with Crippen LogP contribution in [0, 0.1) is 0 Å². The summed E-state index contributed by atoms with van der Waals surface area (Å²) in [5.41, 5.74) is -0.551. The third-order valence-electron chi connectivity index (χ3n) is 2.14. The molecule has 0 saturated carbocycles. The summed E-state index contributed by atoms with van der Waals surface area (Å²) in [6.45, 7) is 6.35. The predicted molar refractivity (Wildman–Crippen MR) is 57.2 cm³/mol. The molecule has 1 saturated heterocycles. The topological polar surface area (TPSA) is 78.9 Å². The monoisotopic (exact) mass is 230 g/mol. The Balaban J connectivity index is 2.54. The van der Waals surface area contributed by atoms with Gasteiger partial charge in [0, 0.05) is 13.1 Å². The van der Waals surface area contributed by atoms with Crippen molar-refractivity contribution in [3.63, 3.8) is 0 Å². The lowest BCUT2D eigenvalue weighted by Crippen LogP contribution is -2.56. The lowest BCUT2D eigenvalue weighted by atomic mass is 10.1. The SMILES string of the molecule is CC(C)(C)OC(=O)C1CN(C(=O)O)CCN1. The number of hydrogen-bond donors (Lipinski definition) is 2. The Kier molecular flexibility index (Phi) is 3.74. The van der Waals surface area contributed by atoms with E-state index in [-0.39, 0.29) is 6.54 Å². The fraction of sp³-hybridized carbons (Fsp3) is 0.800. The van der Waals surface area contributed by atoms with Gasteiger partial charge in [0.2, 0.25) is 0 Å². The van der Waals surface area contributed by atoms with Crippen molar-refractivity contribution in [3.8, 4) is 0 Å². The highest BCUT2D eigenvalue weighted by atomic mass is 16.6. The first-order valence-electron chi connectivity index (χ1n) is 5.24. The molecule has 0 radical (unpaired) electrons. The molecule has 2 N–H and O–H groups in total. The maximum atomic E-state index is 11.7. The van der Waals surface area contributed by atoms with Crippen molar-refractivity contribution in [2.24, 2.45) is 0 Å². The molecule has 16 heavy (non-hydrogen) atoms. The molecule has 0 aliphatic carbocycles. The van der Waals surface area contributed by atoms with Crippen LogP contribution < -0.4 is 5.32 Å². The lowest BCUT2D eigenvalue weighted by Gasteiger charge is -2.32. The van der Waals surface area contributed by atoms with E-state index in [0.717, 1.165) is 0 Å². The molecule has 1 aliphatic rings. The van der Waals surface area contributed by atoms with Crippen LogP contribution in [0.3, 0.4) is 0 Å². The standard InChI is InChI=1S/C10H18N2O4/c1-10(2,3)16-8(13)7-6-12(9(14)15)5-4-11-7/h7,11H,4-6H2,1-3H3,(H,14,15). The van der Waals surface area contributed by atoms with Gasteiger partial charge in [-0.1, -0.05) is 0 Å².